The number of benzene rings is 2. The van der Waals surface area contributed by atoms with Gasteiger partial charge >= 0.3 is 0 Å². The Balaban J connectivity index is 2.36. The summed E-state index contributed by atoms with van der Waals surface area (Å²) in [5.41, 5.74) is -0.418. The Hall–Kier alpha value is -2.07. The highest BCUT2D eigenvalue weighted by molar-refractivity contribution is 6.00. The Bertz CT molecular complexity index is 582. The van der Waals surface area contributed by atoms with Crippen LogP contribution >= 0.6 is 0 Å². The third-order valence-electron chi connectivity index (χ3n) is 2.59. The van der Waals surface area contributed by atoms with Gasteiger partial charge in [-0.1, -0.05) is 30.3 Å². The Morgan fingerprint density at radius 3 is 2.11 bits per heavy atom. The lowest BCUT2D eigenvalue weighted by Gasteiger charge is -2.11. The summed E-state index contributed by atoms with van der Waals surface area (Å²) in [5.74, 6) is -2.30. The molecule has 1 atom stereocenters. The second-order valence-corrected chi connectivity index (χ2v) is 3.77. The van der Waals surface area contributed by atoms with Crippen molar-refractivity contribution < 1.29 is 18.7 Å². The summed E-state index contributed by atoms with van der Waals surface area (Å²) in [6, 6.07) is 10.6. The molecular formula is C14H10F2O2. The van der Waals surface area contributed by atoms with Crippen molar-refractivity contribution >= 4 is 5.78 Å². The van der Waals surface area contributed by atoms with Gasteiger partial charge in [0, 0.05) is 5.56 Å². The van der Waals surface area contributed by atoms with Crippen molar-refractivity contribution in [3.05, 3.63) is 71.3 Å². The van der Waals surface area contributed by atoms with E-state index in [2.05, 4.69) is 0 Å². The lowest BCUT2D eigenvalue weighted by atomic mass is 9.99. The fraction of sp³-hybridized carbons (Fsp3) is 0.0714. The maximum absolute atomic E-state index is 13.4. The predicted octanol–water partition coefficient (Wildman–Crippen LogP) is 2.88. The number of carbonyl (C=O) groups excluding carboxylic acids is 1. The Morgan fingerprint density at radius 1 is 0.944 bits per heavy atom. The van der Waals surface area contributed by atoms with Gasteiger partial charge in [0.15, 0.2) is 5.78 Å². The van der Waals surface area contributed by atoms with E-state index in [0.717, 1.165) is 12.1 Å². The molecule has 0 saturated carbocycles. The first-order chi connectivity index (χ1) is 8.61. The Kier molecular flexibility index (Phi) is 3.48. The maximum atomic E-state index is 13.4. The van der Waals surface area contributed by atoms with Crippen molar-refractivity contribution in [1.29, 1.82) is 0 Å². The van der Waals surface area contributed by atoms with E-state index in [-0.39, 0.29) is 11.1 Å². The van der Waals surface area contributed by atoms with Crippen LogP contribution in [-0.4, -0.2) is 10.9 Å². The van der Waals surface area contributed by atoms with Crippen LogP contribution in [0.3, 0.4) is 0 Å². The summed E-state index contributed by atoms with van der Waals surface area (Å²) in [7, 11) is 0. The molecule has 0 aliphatic carbocycles. The van der Waals surface area contributed by atoms with Crippen LogP contribution in [0.4, 0.5) is 8.78 Å². The molecule has 18 heavy (non-hydrogen) atoms. The third-order valence-corrected chi connectivity index (χ3v) is 2.59. The van der Waals surface area contributed by atoms with E-state index in [4.69, 9.17) is 0 Å². The van der Waals surface area contributed by atoms with Crippen molar-refractivity contribution in [2.75, 3.05) is 0 Å². The molecule has 0 bridgehead atoms. The standard InChI is InChI=1S/C14H10F2O2/c15-11-7-3-1-5-9(11)13(17)14(18)10-6-2-4-8-12(10)16/h1-8,13,17H/t13-/m1/s1. The van der Waals surface area contributed by atoms with Gasteiger partial charge in [0.1, 0.15) is 17.7 Å². The molecule has 2 aromatic carbocycles. The summed E-state index contributed by atoms with van der Waals surface area (Å²) in [6.45, 7) is 0. The normalized spacial score (nSPS) is 12.2. The number of hydrogen-bond donors (Lipinski definition) is 1. The summed E-state index contributed by atoms with van der Waals surface area (Å²) in [5, 5.41) is 9.79. The largest absolute Gasteiger partial charge is 0.380 e. The van der Waals surface area contributed by atoms with Gasteiger partial charge in [0.05, 0.1) is 5.56 Å². The van der Waals surface area contributed by atoms with Gasteiger partial charge in [0.2, 0.25) is 0 Å². The highest BCUT2D eigenvalue weighted by Gasteiger charge is 2.23. The minimum atomic E-state index is -1.71. The molecule has 0 aliphatic rings. The first-order valence-electron chi connectivity index (χ1n) is 5.32. The molecule has 2 aromatic rings. The molecule has 4 heteroatoms. The van der Waals surface area contributed by atoms with Gasteiger partial charge in [-0.05, 0) is 18.2 Å². The highest BCUT2D eigenvalue weighted by atomic mass is 19.1. The lowest BCUT2D eigenvalue weighted by Crippen LogP contribution is -2.15. The van der Waals surface area contributed by atoms with Gasteiger partial charge in [0.25, 0.3) is 0 Å². The number of rotatable bonds is 3. The monoisotopic (exact) mass is 248 g/mol. The number of aliphatic hydroxyl groups excluding tert-OH is 1. The summed E-state index contributed by atoms with van der Waals surface area (Å²) in [4.78, 5) is 11.9. The summed E-state index contributed by atoms with van der Waals surface area (Å²) in [6.07, 6.45) is -1.71. The van der Waals surface area contributed by atoms with Crippen molar-refractivity contribution in [3.63, 3.8) is 0 Å². The topological polar surface area (TPSA) is 37.3 Å². The van der Waals surface area contributed by atoms with Crippen LogP contribution in [0.5, 0.6) is 0 Å². The van der Waals surface area contributed by atoms with Crippen LogP contribution in [0.1, 0.15) is 22.0 Å². The molecule has 0 spiro atoms. The number of carbonyl (C=O) groups is 1. The number of Topliss-reactive ketones (excluding diaryl/α,β-unsaturated/α-hetero) is 1. The molecule has 0 fully saturated rings. The van der Waals surface area contributed by atoms with E-state index in [1.165, 1.54) is 36.4 Å². The number of hydrogen-bond acceptors (Lipinski definition) is 2. The van der Waals surface area contributed by atoms with Crippen LogP contribution in [0, 0.1) is 11.6 Å². The third kappa shape index (κ3) is 2.28. The second-order valence-electron chi connectivity index (χ2n) is 3.77. The highest BCUT2D eigenvalue weighted by Crippen LogP contribution is 2.22. The smallest absolute Gasteiger partial charge is 0.198 e. The average molecular weight is 248 g/mol. The van der Waals surface area contributed by atoms with Crippen LogP contribution in [0.25, 0.3) is 0 Å². The van der Waals surface area contributed by atoms with Gasteiger partial charge in [-0.3, -0.25) is 4.79 Å². The van der Waals surface area contributed by atoms with Crippen molar-refractivity contribution in [3.8, 4) is 0 Å². The van der Waals surface area contributed by atoms with E-state index in [1.807, 2.05) is 0 Å². The quantitative estimate of drug-likeness (QED) is 0.848. The molecule has 0 saturated heterocycles. The van der Waals surface area contributed by atoms with Gasteiger partial charge in [-0.15, -0.1) is 0 Å². The zero-order chi connectivity index (χ0) is 13.1. The average Bonchev–Trinajstić information content (AvgIpc) is 2.38. The number of halogens is 2. The second kappa shape index (κ2) is 5.06. The maximum Gasteiger partial charge on any atom is 0.198 e. The van der Waals surface area contributed by atoms with Crippen molar-refractivity contribution in [1.82, 2.24) is 0 Å². The zero-order valence-electron chi connectivity index (χ0n) is 9.31. The molecule has 92 valence electrons. The molecule has 0 radical (unpaired) electrons. The summed E-state index contributed by atoms with van der Waals surface area (Å²) >= 11 is 0. The minimum Gasteiger partial charge on any atom is -0.380 e. The Labute approximate surface area is 103 Å². The van der Waals surface area contributed by atoms with Gasteiger partial charge in [-0.25, -0.2) is 8.78 Å². The molecule has 1 N–H and O–H groups in total. The SMILES string of the molecule is O=C(c1ccccc1F)[C@H](O)c1ccccc1F. The molecule has 2 nitrogen and oxygen atoms in total. The van der Waals surface area contributed by atoms with Crippen molar-refractivity contribution in [2.24, 2.45) is 0 Å². The fourth-order valence-electron chi connectivity index (χ4n) is 1.65. The van der Waals surface area contributed by atoms with Gasteiger partial charge in [-0.2, -0.15) is 0 Å². The zero-order valence-corrected chi connectivity index (χ0v) is 9.31. The van der Waals surface area contributed by atoms with E-state index in [9.17, 15) is 18.7 Å². The van der Waals surface area contributed by atoms with Crippen LogP contribution in [0.15, 0.2) is 48.5 Å². The Morgan fingerprint density at radius 2 is 1.50 bits per heavy atom. The molecule has 0 amide bonds. The van der Waals surface area contributed by atoms with Crippen LogP contribution < -0.4 is 0 Å². The molecule has 0 heterocycles. The summed E-state index contributed by atoms with van der Waals surface area (Å²) < 4.78 is 26.8. The molecule has 2 rings (SSSR count). The number of aliphatic hydroxyl groups is 1. The number of ketones is 1. The van der Waals surface area contributed by atoms with E-state index < -0.39 is 23.5 Å². The van der Waals surface area contributed by atoms with Crippen molar-refractivity contribution in [2.45, 2.75) is 6.10 Å². The van der Waals surface area contributed by atoms with Gasteiger partial charge < -0.3 is 5.11 Å². The molecule has 0 unspecified atom stereocenters. The molecule has 0 aliphatic heterocycles. The molecule has 0 aromatic heterocycles. The first kappa shape index (κ1) is 12.4. The van der Waals surface area contributed by atoms with E-state index in [1.54, 1.807) is 0 Å². The fourth-order valence-corrected chi connectivity index (χ4v) is 1.65. The van der Waals surface area contributed by atoms with Crippen LogP contribution in [-0.2, 0) is 0 Å². The van der Waals surface area contributed by atoms with E-state index in [0.29, 0.717) is 0 Å². The predicted molar refractivity (Wildman–Crippen MR) is 62.1 cm³/mol. The minimum absolute atomic E-state index is 0.161. The lowest BCUT2D eigenvalue weighted by molar-refractivity contribution is 0.0736. The van der Waals surface area contributed by atoms with Crippen LogP contribution in [0.2, 0.25) is 0 Å². The molecular weight excluding hydrogens is 238 g/mol. The first-order valence-corrected chi connectivity index (χ1v) is 5.32. The van der Waals surface area contributed by atoms with E-state index >= 15 is 0 Å².